The lowest BCUT2D eigenvalue weighted by Crippen LogP contribution is -2.28. The third kappa shape index (κ3) is 4.91. The molecular weight excluding hydrogens is 405 g/mol. The van der Waals surface area contributed by atoms with E-state index >= 15 is 0 Å². The number of rotatable bonds is 5. The Kier molecular flexibility index (Phi) is 6.55. The van der Waals surface area contributed by atoms with Crippen LogP contribution < -0.4 is 9.64 Å². The molecule has 0 radical (unpaired) electrons. The predicted molar refractivity (Wildman–Crippen MR) is 114 cm³/mol. The maximum Gasteiger partial charge on any atom is 0.243 e. The van der Waals surface area contributed by atoms with Crippen molar-refractivity contribution in [2.45, 2.75) is 0 Å². The number of methoxy groups -OCH3 is 1. The van der Waals surface area contributed by atoms with Gasteiger partial charge in [0.15, 0.2) is 5.17 Å². The van der Waals surface area contributed by atoms with E-state index in [1.807, 2.05) is 12.1 Å². The smallest absolute Gasteiger partial charge is 0.243 e. The number of amidine groups is 1. The highest BCUT2D eigenvalue weighted by Gasteiger charge is 2.29. The van der Waals surface area contributed by atoms with E-state index < -0.39 is 0 Å². The van der Waals surface area contributed by atoms with Crippen LogP contribution in [0, 0.1) is 0 Å². The fraction of sp³-hybridized carbons (Fsp3) is 0.105. The Morgan fingerprint density at radius 1 is 1.19 bits per heavy atom. The third-order valence-corrected chi connectivity index (χ3v) is 5.16. The minimum absolute atomic E-state index is 0.0474. The number of ether oxygens (including phenoxy) is 1. The SMILES string of the molecule is COc1ccc(N2C(=O)CS\C2=N/N=C/C=C(/Cl)c2ccc(Cl)cc2)cc1. The van der Waals surface area contributed by atoms with Crippen molar-refractivity contribution < 1.29 is 9.53 Å². The molecular formula is C19H15Cl2N3O2S. The highest BCUT2D eigenvalue weighted by atomic mass is 35.5. The van der Waals surface area contributed by atoms with Gasteiger partial charge >= 0.3 is 0 Å². The lowest BCUT2D eigenvalue weighted by molar-refractivity contribution is -0.115. The maximum atomic E-state index is 12.2. The summed E-state index contributed by atoms with van der Waals surface area (Å²) >= 11 is 13.4. The van der Waals surface area contributed by atoms with Gasteiger partial charge in [-0.1, -0.05) is 47.1 Å². The van der Waals surface area contributed by atoms with Gasteiger partial charge in [-0.2, -0.15) is 5.10 Å². The van der Waals surface area contributed by atoms with Crippen molar-refractivity contribution in [2.24, 2.45) is 10.2 Å². The average molecular weight is 420 g/mol. The molecule has 0 spiro atoms. The lowest BCUT2D eigenvalue weighted by atomic mass is 10.2. The Morgan fingerprint density at radius 3 is 2.56 bits per heavy atom. The summed E-state index contributed by atoms with van der Waals surface area (Å²) in [4.78, 5) is 13.7. The van der Waals surface area contributed by atoms with Crippen LogP contribution in [0.3, 0.4) is 0 Å². The van der Waals surface area contributed by atoms with Gasteiger partial charge in [0.1, 0.15) is 5.75 Å². The van der Waals surface area contributed by atoms with Crippen molar-refractivity contribution in [3.63, 3.8) is 0 Å². The molecule has 3 rings (SSSR count). The normalized spacial score (nSPS) is 16.6. The van der Waals surface area contributed by atoms with Crippen LogP contribution in [0.1, 0.15) is 5.56 Å². The van der Waals surface area contributed by atoms with Crippen molar-refractivity contribution in [3.8, 4) is 5.75 Å². The molecule has 0 saturated carbocycles. The Hall–Kier alpha value is -2.28. The number of thioether (sulfide) groups is 1. The van der Waals surface area contributed by atoms with Crippen LogP contribution in [0.5, 0.6) is 5.75 Å². The second-order valence-electron chi connectivity index (χ2n) is 5.38. The molecule has 138 valence electrons. The van der Waals surface area contributed by atoms with E-state index in [0.29, 0.717) is 21.0 Å². The van der Waals surface area contributed by atoms with Gasteiger partial charge in [0.2, 0.25) is 5.91 Å². The second-order valence-corrected chi connectivity index (χ2v) is 7.17. The number of nitrogens with zero attached hydrogens (tertiary/aromatic N) is 3. The van der Waals surface area contributed by atoms with Gasteiger partial charge in [0, 0.05) is 10.1 Å². The number of carbonyl (C=O) groups is 1. The molecule has 2 aromatic rings. The first kappa shape index (κ1) is 19.5. The van der Waals surface area contributed by atoms with Crippen LogP contribution in [0.4, 0.5) is 5.69 Å². The van der Waals surface area contributed by atoms with Gasteiger partial charge in [-0.15, -0.1) is 5.10 Å². The molecule has 1 saturated heterocycles. The van der Waals surface area contributed by atoms with Crippen LogP contribution in [0.2, 0.25) is 5.02 Å². The number of anilines is 1. The van der Waals surface area contributed by atoms with Gasteiger partial charge in [-0.25, -0.2) is 0 Å². The monoisotopic (exact) mass is 419 g/mol. The van der Waals surface area contributed by atoms with E-state index in [2.05, 4.69) is 10.2 Å². The van der Waals surface area contributed by atoms with Crippen molar-refractivity contribution in [3.05, 3.63) is 65.2 Å². The number of benzene rings is 2. The Balaban J connectivity index is 1.74. The van der Waals surface area contributed by atoms with E-state index in [1.54, 1.807) is 49.6 Å². The summed E-state index contributed by atoms with van der Waals surface area (Å²) < 4.78 is 5.14. The molecule has 0 N–H and O–H groups in total. The zero-order chi connectivity index (χ0) is 19.2. The van der Waals surface area contributed by atoms with Crippen molar-refractivity contribution in [2.75, 3.05) is 17.8 Å². The molecule has 0 unspecified atom stereocenters. The Labute approximate surface area is 171 Å². The molecule has 0 bridgehead atoms. The molecule has 1 aliphatic heterocycles. The van der Waals surface area contributed by atoms with E-state index in [4.69, 9.17) is 27.9 Å². The highest BCUT2D eigenvalue weighted by molar-refractivity contribution is 8.15. The van der Waals surface area contributed by atoms with Crippen LogP contribution in [0.25, 0.3) is 5.03 Å². The molecule has 5 nitrogen and oxygen atoms in total. The third-order valence-electron chi connectivity index (χ3n) is 3.65. The Bertz CT molecular complexity index is 910. The van der Waals surface area contributed by atoms with E-state index in [9.17, 15) is 4.79 Å². The summed E-state index contributed by atoms with van der Waals surface area (Å²) in [5.74, 6) is 0.993. The van der Waals surface area contributed by atoms with Gasteiger partial charge in [0.25, 0.3) is 0 Å². The fourth-order valence-corrected chi connectivity index (χ4v) is 3.44. The van der Waals surface area contributed by atoms with Crippen LogP contribution in [-0.2, 0) is 4.79 Å². The Morgan fingerprint density at radius 2 is 1.89 bits per heavy atom. The minimum atomic E-state index is -0.0474. The zero-order valence-corrected chi connectivity index (χ0v) is 16.6. The standard InChI is InChI=1S/C19H15Cl2N3O2S/c1-26-16-8-6-15(7-9-16)24-18(25)12-27-19(24)23-22-11-10-17(21)13-2-4-14(20)5-3-13/h2-11H,12H2,1H3/b17-10+,22-11+,23-19-. The summed E-state index contributed by atoms with van der Waals surface area (Å²) in [5, 5.41) is 9.84. The summed E-state index contributed by atoms with van der Waals surface area (Å²) in [6.07, 6.45) is 3.12. The molecule has 1 aliphatic rings. The summed E-state index contributed by atoms with van der Waals surface area (Å²) in [7, 11) is 1.59. The first-order valence-electron chi connectivity index (χ1n) is 7.91. The number of halogens is 2. The molecule has 0 atom stereocenters. The quantitative estimate of drug-likeness (QED) is 0.503. The van der Waals surface area contributed by atoms with Crippen molar-refractivity contribution in [1.29, 1.82) is 0 Å². The number of allylic oxidation sites excluding steroid dienone is 1. The summed E-state index contributed by atoms with van der Waals surface area (Å²) in [6.45, 7) is 0. The number of amides is 1. The van der Waals surface area contributed by atoms with Gasteiger partial charge in [0.05, 0.1) is 24.8 Å². The molecule has 1 heterocycles. The summed E-state index contributed by atoms with van der Waals surface area (Å²) in [6, 6.07) is 14.4. The first-order valence-corrected chi connectivity index (χ1v) is 9.65. The maximum absolute atomic E-state index is 12.2. The number of hydrogen-bond acceptors (Lipinski definition) is 5. The fourth-order valence-electron chi connectivity index (χ4n) is 2.31. The molecule has 0 aromatic heterocycles. The predicted octanol–water partition coefficient (Wildman–Crippen LogP) is 5.05. The van der Waals surface area contributed by atoms with E-state index in [-0.39, 0.29) is 5.91 Å². The lowest BCUT2D eigenvalue weighted by Gasteiger charge is -2.15. The number of hydrogen-bond donors (Lipinski definition) is 0. The molecule has 1 amide bonds. The topological polar surface area (TPSA) is 54.3 Å². The molecule has 0 aliphatic carbocycles. The first-order chi connectivity index (χ1) is 13.1. The van der Waals surface area contributed by atoms with E-state index in [0.717, 1.165) is 17.0 Å². The van der Waals surface area contributed by atoms with E-state index in [1.165, 1.54) is 22.9 Å². The average Bonchev–Trinajstić information content (AvgIpc) is 3.06. The van der Waals surface area contributed by atoms with Crippen LogP contribution in [-0.4, -0.2) is 30.2 Å². The molecule has 8 heteroatoms. The summed E-state index contributed by atoms with van der Waals surface area (Å²) in [5.41, 5.74) is 1.54. The van der Waals surface area contributed by atoms with Crippen LogP contribution >= 0.6 is 35.0 Å². The minimum Gasteiger partial charge on any atom is -0.497 e. The zero-order valence-electron chi connectivity index (χ0n) is 14.3. The van der Waals surface area contributed by atoms with Gasteiger partial charge in [-0.05, 0) is 48.0 Å². The van der Waals surface area contributed by atoms with Crippen molar-refractivity contribution >= 4 is 63.0 Å². The second kappa shape index (κ2) is 9.08. The van der Waals surface area contributed by atoms with Gasteiger partial charge < -0.3 is 4.74 Å². The van der Waals surface area contributed by atoms with Crippen molar-refractivity contribution in [1.82, 2.24) is 0 Å². The van der Waals surface area contributed by atoms with Gasteiger partial charge in [-0.3, -0.25) is 9.69 Å². The molecule has 2 aromatic carbocycles. The highest BCUT2D eigenvalue weighted by Crippen LogP contribution is 2.28. The largest absolute Gasteiger partial charge is 0.497 e. The number of carbonyl (C=O) groups excluding carboxylic acids is 1. The molecule has 1 fully saturated rings. The van der Waals surface area contributed by atoms with Crippen LogP contribution in [0.15, 0.2) is 64.8 Å². The molecule has 27 heavy (non-hydrogen) atoms.